The Morgan fingerprint density at radius 1 is 1.07 bits per heavy atom. The van der Waals surface area contributed by atoms with E-state index in [1.807, 2.05) is 54.6 Å². The first kappa shape index (κ1) is 18.0. The van der Waals surface area contributed by atoms with Crippen LogP contribution < -0.4 is 5.32 Å². The number of aryl methyl sites for hydroxylation is 1. The van der Waals surface area contributed by atoms with E-state index in [1.165, 1.54) is 12.1 Å². The van der Waals surface area contributed by atoms with E-state index >= 15 is 0 Å². The lowest BCUT2D eigenvalue weighted by molar-refractivity contribution is -0.385. The van der Waals surface area contributed by atoms with Crippen LogP contribution in [0.5, 0.6) is 0 Å². The summed E-state index contributed by atoms with van der Waals surface area (Å²) in [5.41, 5.74) is 3.47. The summed E-state index contributed by atoms with van der Waals surface area (Å²) in [6, 6.07) is 19.3. The van der Waals surface area contributed by atoms with Gasteiger partial charge in [0, 0.05) is 11.6 Å². The predicted octanol–water partition coefficient (Wildman–Crippen LogP) is 4.62. The summed E-state index contributed by atoms with van der Waals surface area (Å²) in [5.74, 6) is -0.0879. The van der Waals surface area contributed by atoms with E-state index in [1.54, 1.807) is 13.0 Å². The van der Waals surface area contributed by atoms with E-state index in [0.29, 0.717) is 5.56 Å². The SMILES string of the molecule is Cc1cc(NC(=O)/C=C/c2ccc(-c3ccccc3)cc2)ncc1[N+](=O)[O-]. The summed E-state index contributed by atoms with van der Waals surface area (Å²) in [6.07, 6.45) is 4.23. The number of nitro groups is 1. The smallest absolute Gasteiger partial charge is 0.290 e. The molecule has 0 saturated carbocycles. The third kappa shape index (κ3) is 4.64. The molecule has 6 heteroatoms. The minimum Gasteiger partial charge on any atom is -0.307 e. The van der Waals surface area contributed by atoms with Crippen molar-refractivity contribution in [2.24, 2.45) is 0 Å². The lowest BCUT2D eigenvalue weighted by Crippen LogP contribution is -2.09. The second kappa shape index (κ2) is 8.05. The highest BCUT2D eigenvalue weighted by molar-refractivity contribution is 6.01. The van der Waals surface area contributed by atoms with Gasteiger partial charge in [0.2, 0.25) is 5.91 Å². The molecule has 134 valence electrons. The van der Waals surface area contributed by atoms with E-state index < -0.39 is 4.92 Å². The number of hydrogen-bond donors (Lipinski definition) is 1. The third-order valence-corrected chi connectivity index (χ3v) is 3.98. The summed E-state index contributed by atoms with van der Waals surface area (Å²) in [5, 5.41) is 13.4. The number of rotatable bonds is 5. The molecular formula is C21H17N3O3. The Bertz CT molecular complexity index is 997. The summed E-state index contributed by atoms with van der Waals surface area (Å²) in [7, 11) is 0. The molecule has 0 unspecified atom stereocenters. The van der Waals surface area contributed by atoms with Crippen molar-refractivity contribution < 1.29 is 9.72 Å². The zero-order chi connectivity index (χ0) is 19.2. The van der Waals surface area contributed by atoms with Gasteiger partial charge in [0.25, 0.3) is 5.69 Å². The van der Waals surface area contributed by atoms with Gasteiger partial charge in [0.05, 0.1) is 4.92 Å². The minimum absolute atomic E-state index is 0.0814. The first-order valence-electron chi connectivity index (χ1n) is 8.28. The number of hydrogen-bond acceptors (Lipinski definition) is 4. The molecule has 0 radical (unpaired) electrons. The van der Waals surface area contributed by atoms with Crippen LogP contribution in [-0.2, 0) is 4.79 Å². The zero-order valence-corrected chi connectivity index (χ0v) is 14.6. The summed E-state index contributed by atoms with van der Waals surface area (Å²) >= 11 is 0. The Balaban J connectivity index is 1.65. The number of carbonyl (C=O) groups is 1. The van der Waals surface area contributed by atoms with Crippen molar-refractivity contribution >= 4 is 23.5 Å². The quantitative estimate of drug-likeness (QED) is 0.409. The molecule has 0 saturated heterocycles. The van der Waals surface area contributed by atoms with Crippen LogP contribution in [0.3, 0.4) is 0 Å². The van der Waals surface area contributed by atoms with E-state index in [9.17, 15) is 14.9 Å². The molecule has 27 heavy (non-hydrogen) atoms. The number of pyridine rings is 1. The van der Waals surface area contributed by atoms with Crippen molar-refractivity contribution in [3.05, 3.63) is 94.2 Å². The molecule has 1 amide bonds. The molecule has 0 aliphatic rings. The Labute approximate surface area is 156 Å². The van der Waals surface area contributed by atoms with Crippen molar-refractivity contribution in [1.82, 2.24) is 4.98 Å². The van der Waals surface area contributed by atoms with Gasteiger partial charge in [0.1, 0.15) is 12.0 Å². The number of amides is 1. The summed E-state index contributed by atoms with van der Waals surface area (Å²) < 4.78 is 0. The van der Waals surface area contributed by atoms with Gasteiger partial charge in [-0.05, 0) is 35.8 Å². The van der Waals surface area contributed by atoms with Gasteiger partial charge in [-0.3, -0.25) is 14.9 Å². The van der Waals surface area contributed by atoms with Crippen molar-refractivity contribution in [2.75, 3.05) is 5.32 Å². The normalized spacial score (nSPS) is 10.7. The number of aromatic nitrogens is 1. The van der Waals surface area contributed by atoms with Gasteiger partial charge in [-0.2, -0.15) is 0 Å². The second-order valence-corrected chi connectivity index (χ2v) is 5.92. The fourth-order valence-corrected chi connectivity index (χ4v) is 2.57. The molecule has 1 N–H and O–H groups in total. The summed E-state index contributed by atoms with van der Waals surface area (Å²) in [4.78, 5) is 26.2. The van der Waals surface area contributed by atoms with Crippen LogP contribution in [0.1, 0.15) is 11.1 Å². The molecule has 1 heterocycles. The number of nitrogens with one attached hydrogen (secondary N) is 1. The molecule has 3 rings (SSSR count). The predicted molar refractivity (Wildman–Crippen MR) is 105 cm³/mol. The van der Waals surface area contributed by atoms with Crippen molar-refractivity contribution in [2.45, 2.75) is 6.92 Å². The van der Waals surface area contributed by atoms with E-state index in [2.05, 4.69) is 10.3 Å². The molecule has 0 atom stereocenters. The average Bonchev–Trinajstić information content (AvgIpc) is 2.67. The highest BCUT2D eigenvalue weighted by Gasteiger charge is 2.12. The monoisotopic (exact) mass is 359 g/mol. The van der Waals surface area contributed by atoms with Crippen LogP contribution in [0.4, 0.5) is 11.5 Å². The van der Waals surface area contributed by atoms with Crippen LogP contribution in [0.25, 0.3) is 17.2 Å². The average molecular weight is 359 g/mol. The number of carbonyl (C=O) groups excluding carboxylic acids is 1. The standard InChI is InChI=1S/C21H17N3O3/c1-15-13-20(22-14-19(15)24(26)27)23-21(25)12-9-16-7-10-18(11-8-16)17-5-3-2-4-6-17/h2-14H,1H3,(H,22,23,25)/b12-9+. The lowest BCUT2D eigenvalue weighted by atomic mass is 10.0. The van der Waals surface area contributed by atoms with Gasteiger partial charge >= 0.3 is 0 Å². The Morgan fingerprint density at radius 3 is 2.37 bits per heavy atom. The van der Waals surface area contributed by atoms with E-state index in [-0.39, 0.29) is 17.4 Å². The van der Waals surface area contributed by atoms with Crippen molar-refractivity contribution in [3.8, 4) is 11.1 Å². The van der Waals surface area contributed by atoms with Gasteiger partial charge < -0.3 is 5.32 Å². The van der Waals surface area contributed by atoms with Crippen LogP contribution >= 0.6 is 0 Å². The third-order valence-electron chi connectivity index (χ3n) is 3.98. The molecular weight excluding hydrogens is 342 g/mol. The van der Waals surface area contributed by atoms with Gasteiger partial charge in [-0.15, -0.1) is 0 Å². The first-order chi connectivity index (χ1) is 13.0. The number of anilines is 1. The molecule has 3 aromatic rings. The fourth-order valence-electron chi connectivity index (χ4n) is 2.57. The maximum absolute atomic E-state index is 12.0. The number of nitrogens with zero attached hydrogens (tertiary/aromatic N) is 2. The Hall–Kier alpha value is -3.80. The molecule has 2 aromatic carbocycles. The Morgan fingerprint density at radius 2 is 1.74 bits per heavy atom. The maximum Gasteiger partial charge on any atom is 0.290 e. The molecule has 0 spiro atoms. The van der Waals surface area contributed by atoms with Crippen LogP contribution in [0.2, 0.25) is 0 Å². The van der Waals surface area contributed by atoms with Gasteiger partial charge in [-0.1, -0.05) is 54.6 Å². The van der Waals surface area contributed by atoms with Crippen LogP contribution in [0.15, 0.2) is 72.9 Å². The molecule has 0 aliphatic heterocycles. The highest BCUT2D eigenvalue weighted by Crippen LogP contribution is 2.20. The lowest BCUT2D eigenvalue weighted by Gasteiger charge is -2.03. The van der Waals surface area contributed by atoms with Gasteiger partial charge in [0.15, 0.2) is 0 Å². The highest BCUT2D eigenvalue weighted by atomic mass is 16.6. The van der Waals surface area contributed by atoms with Gasteiger partial charge in [-0.25, -0.2) is 4.98 Å². The Kier molecular flexibility index (Phi) is 5.37. The van der Waals surface area contributed by atoms with Crippen LogP contribution in [-0.4, -0.2) is 15.8 Å². The topological polar surface area (TPSA) is 85.1 Å². The van der Waals surface area contributed by atoms with Crippen molar-refractivity contribution in [3.63, 3.8) is 0 Å². The second-order valence-electron chi connectivity index (χ2n) is 5.92. The molecule has 0 bridgehead atoms. The van der Waals surface area contributed by atoms with Crippen LogP contribution in [0, 0.1) is 17.0 Å². The van der Waals surface area contributed by atoms with E-state index in [4.69, 9.17) is 0 Å². The maximum atomic E-state index is 12.0. The molecule has 1 aromatic heterocycles. The molecule has 0 fully saturated rings. The van der Waals surface area contributed by atoms with E-state index in [0.717, 1.165) is 22.9 Å². The first-order valence-corrected chi connectivity index (χ1v) is 8.28. The fraction of sp³-hybridized carbons (Fsp3) is 0.0476. The van der Waals surface area contributed by atoms with Crippen molar-refractivity contribution in [1.29, 1.82) is 0 Å². The minimum atomic E-state index is -0.507. The molecule has 0 aliphatic carbocycles. The summed E-state index contributed by atoms with van der Waals surface area (Å²) in [6.45, 7) is 1.60. The number of benzene rings is 2. The largest absolute Gasteiger partial charge is 0.307 e. The zero-order valence-electron chi connectivity index (χ0n) is 14.6. The molecule has 6 nitrogen and oxygen atoms in total.